The third-order valence-electron chi connectivity index (χ3n) is 17.7. The average molecular weight is 1100 g/mol. The third-order valence-corrected chi connectivity index (χ3v) is 17.7. The van der Waals surface area contributed by atoms with Crippen LogP contribution in [0.5, 0.6) is 17.5 Å². The number of carbonyl (C=O) groups excluding carboxylic acids is 3. The Bertz CT molecular complexity index is 3230. The van der Waals surface area contributed by atoms with Gasteiger partial charge in [0.2, 0.25) is 5.91 Å². The number of methoxy groups -OCH3 is 2. The second kappa shape index (κ2) is 23.0. The van der Waals surface area contributed by atoms with Gasteiger partial charge in [-0.05, 0) is 116 Å². The van der Waals surface area contributed by atoms with Gasteiger partial charge in [-0.2, -0.15) is 9.97 Å². The van der Waals surface area contributed by atoms with E-state index >= 15 is 8.78 Å². The molecule has 2 N–H and O–H groups in total. The zero-order chi connectivity index (χ0) is 55.8. The number of piperazine rings is 2. The summed E-state index contributed by atoms with van der Waals surface area (Å²) in [6.45, 7) is 10.4. The van der Waals surface area contributed by atoms with Crippen LogP contribution in [-0.2, 0) is 9.53 Å². The molecular formula is C60H69F2N9O9. The van der Waals surface area contributed by atoms with Crippen molar-refractivity contribution in [3.8, 4) is 41.0 Å². The number of hydrogen-bond acceptors (Lipinski definition) is 13. The van der Waals surface area contributed by atoms with Gasteiger partial charge in [-0.1, -0.05) is 25.0 Å². The fourth-order valence-electron chi connectivity index (χ4n) is 13.4. The SMILES string of the molecule is C#Cc1c(F)ccc2cc(OCOC)cc(-c3ccc4c(N5CC6CCC(C5)N6C(=O)O)nc(OC[C@H](C)CN5CCN(CC6CCC7(CC6)CCN(C(=O)c6ccc(OC)c(N8CCC(=O)NC8=O)c6)CC7)CC5)nc4c3F)c12. The van der Waals surface area contributed by atoms with Crippen LogP contribution in [-0.4, -0.2) is 170 Å². The summed E-state index contributed by atoms with van der Waals surface area (Å²) in [4.78, 5) is 72.2. The van der Waals surface area contributed by atoms with Gasteiger partial charge < -0.3 is 43.7 Å². The number of benzene rings is 4. The second-order valence-corrected chi connectivity index (χ2v) is 22.7. The summed E-state index contributed by atoms with van der Waals surface area (Å²) in [6.07, 6.45) is 13.1. The van der Waals surface area contributed by atoms with Crippen LogP contribution >= 0.6 is 0 Å². The lowest BCUT2D eigenvalue weighted by molar-refractivity contribution is -0.120. The molecule has 6 aliphatic rings. The summed E-state index contributed by atoms with van der Waals surface area (Å²) in [5.74, 6) is 2.79. The molecule has 4 aromatic carbocycles. The van der Waals surface area contributed by atoms with Crippen molar-refractivity contribution in [2.75, 3.05) is 109 Å². The maximum absolute atomic E-state index is 17.5. The van der Waals surface area contributed by atoms with Crippen molar-refractivity contribution in [2.45, 2.75) is 76.8 Å². The van der Waals surface area contributed by atoms with Crippen LogP contribution in [0.25, 0.3) is 32.8 Å². The van der Waals surface area contributed by atoms with Crippen LogP contribution in [0.15, 0.2) is 54.6 Å². The Morgan fingerprint density at radius 3 is 2.29 bits per heavy atom. The number of nitrogens with zero attached hydrogens (tertiary/aromatic N) is 8. The van der Waals surface area contributed by atoms with E-state index in [-0.39, 0.29) is 84.3 Å². The van der Waals surface area contributed by atoms with Crippen molar-refractivity contribution in [3.05, 3.63) is 77.4 Å². The lowest BCUT2D eigenvalue weighted by Gasteiger charge is -2.47. The van der Waals surface area contributed by atoms with Crippen molar-refractivity contribution >= 4 is 57.1 Å². The normalized spacial score (nSPS) is 21.2. The summed E-state index contributed by atoms with van der Waals surface area (Å²) < 4.78 is 55.7. The lowest BCUT2D eigenvalue weighted by atomic mass is 9.65. The number of piperidine rings is 1. The predicted molar refractivity (Wildman–Crippen MR) is 297 cm³/mol. The number of nitrogens with one attached hydrogen (secondary N) is 1. The Labute approximate surface area is 464 Å². The number of carboxylic acid groups (broad SMARTS) is 1. The van der Waals surface area contributed by atoms with Crippen LogP contribution in [0.1, 0.15) is 80.6 Å². The quantitative estimate of drug-likeness (QED) is 0.0756. The fourth-order valence-corrected chi connectivity index (χ4v) is 13.4. The molecular weight excluding hydrogens is 1030 g/mol. The average Bonchev–Trinajstić information content (AvgIpc) is 3.82. The molecule has 5 amide bonds. The van der Waals surface area contributed by atoms with Crippen LogP contribution < -0.4 is 29.3 Å². The van der Waals surface area contributed by atoms with Gasteiger partial charge in [0.1, 0.15) is 28.7 Å². The molecule has 80 heavy (non-hydrogen) atoms. The zero-order valence-corrected chi connectivity index (χ0v) is 45.7. The molecule has 11 rings (SSSR count). The Morgan fingerprint density at radius 2 is 1.60 bits per heavy atom. The predicted octanol–water partition coefficient (Wildman–Crippen LogP) is 8.22. The molecule has 1 spiro atoms. The van der Waals surface area contributed by atoms with Crippen molar-refractivity contribution in [3.63, 3.8) is 0 Å². The molecule has 0 radical (unpaired) electrons. The number of anilines is 2. The number of carbonyl (C=O) groups is 4. The molecule has 18 nitrogen and oxygen atoms in total. The molecule has 5 aliphatic heterocycles. The van der Waals surface area contributed by atoms with E-state index < -0.39 is 23.8 Å². The molecule has 1 aliphatic carbocycles. The van der Waals surface area contributed by atoms with Crippen LogP contribution in [0.3, 0.4) is 0 Å². The van der Waals surface area contributed by atoms with Gasteiger partial charge in [0.15, 0.2) is 12.6 Å². The number of aromatic nitrogens is 2. The van der Waals surface area contributed by atoms with Gasteiger partial charge in [-0.15, -0.1) is 6.42 Å². The molecule has 6 heterocycles. The Balaban J connectivity index is 0.708. The number of imide groups is 1. The van der Waals surface area contributed by atoms with Gasteiger partial charge in [0, 0.05) is 113 Å². The molecule has 2 bridgehead atoms. The van der Waals surface area contributed by atoms with E-state index in [0.29, 0.717) is 95.2 Å². The maximum Gasteiger partial charge on any atom is 0.407 e. The molecule has 2 unspecified atom stereocenters. The van der Waals surface area contributed by atoms with Crippen molar-refractivity contribution < 1.29 is 52.0 Å². The largest absolute Gasteiger partial charge is 0.495 e. The number of urea groups is 1. The lowest BCUT2D eigenvalue weighted by Crippen LogP contribution is -2.55. The third kappa shape index (κ3) is 11.0. The van der Waals surface area contributed by atoms with Crippen LogP contribution in [0.4, 0.5) is 29.9 Å². The molecule has 5 saturated heterocycles. The van der Waals surface area contributed by atoms with Crippen molar-refractivity contribution in [1.82, 2.24) is 34.9 Å². The van der Waals surface area contributed by atoms with E-state index in [2.05, 4.69) is 28.0 Å². The molecule has 3 atom stereocenters. The fraction of sp³-hybridized carbons (Fsp3) is 0.500. The number of amides is 5. The number of rotatable bonds is 15. The Kier molecular flexibility index (Phi) is 15.7. The van der Waals surface area contributed by atoms with E-state index in [4.69, 9.17) is 35.3 Å². The number of halogens is 2. The standard InChI is InChI=1S/C60H69F2N9O9/c1-5-44-48(61)12-6-39-28-43(80-36-77-3)30-47(52(39)44)45-10-11-46-54(53(45)62)64-57(65-55(46)69-33-41-8-9-42(34-69)71(41)59(75)76)79-35-37(2)31-66-24-26-67(27-25-66)32-38-14-17-60(18-15-38)19-22-68(23-20-60)56(73)40-7-13-50(78-4)49(29-40)70-21-16-51(72)63-58(70)74/h1,6-7,10-13,28-30,37-38,41-42H,8-9,14-27,31-36H2,2-4H3,(H,75,76)(H,63,72,74)/t37-,41?,42?/m1/s1. The maximum atomic E-state index is 17.5. The van der Waals surface area contributed by atoms with Crippen LogP contribution in [0.2, 0.25) is 0 Å². The minimum Gasteiger partial charge on any atom is -0.495 e. The molecule has 1 aromatic heterocycles. The van der Waals surface area contributed by atoms with Crippen LogP contribution in [0, 0.1) is 41.2 Å². The van der Waals surface area contributed by atoms with Gasteiger partial charge in [-0.25, -0.2) is 18.4 Å². The first-order valence-corrected chi connectivity index (χ1v) is 28.0. The smallest absolute Gasteiger partial charge is 0.407 e. The molecule has 422 valence electrons. The van der Waals surface area contributed by atoms with E-state index in [0.717, 1.165) is 65.0 Å². The van der Waals surface area contributed by atoms with E-state index in [1.54, 1.807) is 48.5 Å². The molecule has 5 aromatic rings. The Morgan fingerprint density at radius 1 is 0.863 bits per heavy atom. The summed E-state index contributed by atoms with van der Waals surface area (Å²) >= 11 is 0. The van der Waals surface area contributed by atoms with Gasteiger partial charge in [-0.3, -0.25) is 24.7 Å². The number of likely N-dealkylation sites (tertiary alicyclic amines) is 1. The highest BCUT2D eigenvalue weighted by atomic mass is 19.1. The number of ether oxygens (including phenoxy) is 4. The monoisotopic (exact) mass is 1100 g/mol. The topological polar surface area (TPSA) is 183 Å². The minimum absolute atomic E-state index is 0.00753. The summed E-state index contributed by atoms with van der Waals surface area (Å²) in [7, 11) is 3.01. The number of terminal acetylenes is 1. The molecule has 20 heteroatoms. The van der Waals surface area contributed by atoms with Gasteiger partial charge in [0.25, 0.3) is 5.91 Å². The minimum atomic E-state index is -0.952. The molecule has 6 fully saturated rings. The second-order valence-electron chi connectivity index (χ2n) is 22.7. The van der Waals surface area contributed by atoms with E-state index in [1.807, 2.05) is 9.80 Å². The summed E-state index contributed by atoms with van der Waals surface area (Å²) in [6, 6.07) is 13.7. The number of hydrogen-bond donors (Lipinski definition) is 2. The highest BCUT2D eigenvalue weighted by Crippen LogP contribution is 2.47. The first-order valence-electron chi connectivity index (χ1n) is 28.0. The Hall–Kier alpha value is -7.34. The van der Waals surface area contributed by atoms with Crippen molar-refractivity contribution in [1.29, 1.82) is 0 Å². The molecule has 1 saturated carbocycles. The van der Waals surface area contributed by atoms with E-state index in [9.17, 15) is 24.3 Å². The highest BCUT2D eigenvalue weighted by Gasteiger charge is 2.44. The first-order chi connectivity index (χ1) is 38.7. The zero-order valence-electron chi connectivity index (χ0n) is 45.7. The van der Waals surface area contributed by atoms with Gasteiger partial charge in [0.05, 0.1) is 37.1 Å². The van der Waals surface area contributed by atoms with E-state index in [1.165, 1.54) is 42.9 Å². The van der Waals surface area contributed by atoms with Crippen molar-refractivity contribution in [2.24, 2.45) is 17.3 Å². The number of fused-ring (bicyclic) bond motifs is 4. The highest BCUT2D eigenvalue weighted by molar-refractivity contribution is 6.07. The summed E-state index contributed by atoms with van der Waals surface area (Å²) in [5.41, 5.74) is 1.66. The summed E-state index contributed by atoms with van der Waals surface area (Å²) in [5, 5.41) is 13.7. The first kappa shape index (κ1) is 54.6. The van der Waals surface area contributed by atoms with Gasteiger partial charge >= 0.3 is 18.1 Å².